The van der Waals surface area contributed by atoms with E-state index in [1.807, 2.05) is 17.8 Å². The summed E-state index contributed by atoms with van der Waals surface area (Å²) in [6.07, 6.45) is 3.43. The molecule has 2 aromatic rings. The molecule has 1 aromatic heterocycles. The monoisotopic (exact) mass is 347 g/mol. The number of benzene rings is 1. The predicted molar refractivity (Wildman–Crippen MR) is 96.4 cm³/mol. The Labute approximate surface area is 147 Å². The molecule has 0 aliphatic carbocycles. The Bertz CT molecular complexity index is 699. The highest BCUT2D eigenvalue weighted by Gasteiger charge is 2.28. The van der Waals surface area contributed by atoms with Gasteiger partial charge in [-0.05, 0) is 55.9 Å². The fourth-order valence-electron chi connectivity index (χ4n) is 3.60. The quantitative estimate of drug-likeness (QED) is 0.773. The average molecular weight is 348 g/mol. The van der Waals surface area contributed by atoms with Crippen molar-refractivity contribution in [1.29, 1.82) is 0 Å². The number of hydrogen-bond donors (Lipinski definition) is 0. The molecule has 4 rings (SSSR count). The highest BCUT2D eigenvalue weighted by molar-refractivity contribution is 7.99. The molecule has 122 valence electrons. The highest BCUT2D eigenvalue weighted by Crippen LogP contribution is 2.41. The van der Waals surface area contributed by atoms with Crippen LogP contribution >= 0.6 is 23.4 Å². The van der Waals surface area contributed by atoms with Gasteiger partial charge in [-0.25, -0.2) is 0 Å². The number of rotatable bonds is 1. The van der Waals surface area contributed by atoms with Crippen molar-refractivity contribution in [2.45, 2.75) is 28.9 Å². The second kappa shape index (κ2) is 6.52. The van der Waals surface area contributed by atoms with Crippen molar-refractivity contribution in [3.05, 3.63) is 47.1 Å². The van der Waals surface area contributed by atoms with Crippen molar-refractivity contribution >= 4 is 23.4 Å². The first-order chi connectivity index (χ1) is 11.2. The smallest absolute Gasteiger partial charge is 0.0797 e. The molecule has 0 N–H and O–H groups in total. The SMILES string of the molecule is CN1CCCN([C@H]2Cn3cccc3Sc3ccc(Cl)cc32)CC1. The van der Waals surface area contributed by atoms with Gasteiger partial charge in [-0.1, -0.05) is 23.4 Å². The molecule has 2 aliphatic heterocycles. The molecule has 1 aromatic carbocycles. The van der Waals surface area contributed by atoms with E-state index in [2.05, 4.69) is 51.9 Å². The summed E-state index contributed by atoms with van der Waals surface area (Å²) >= 11 is 8.19. The molecular weight excluding hydrogens is 326 g/mol. The zero-order valence-electron chi connectivity index (χ0n) is 13.4. The van der Waals surface area contributed by atoms with Gasteiger partial charge in [0.05, 0.1) is 11.1 Å². The zero-order chi connectivity index (χ0) is 15.8. The summed E-state index contributed by atoms with van der Waals surface area (Å²) in [7, 11) is 2.22. The van der Waals surface area contributed by atoms with Crippen LogP contribution in [-0.4, -0.2) is 47.6 Å². The van der Waals surface area contributed by atoms with Crippen LogP contribution in [0.5, 0.6) is 0 Å². The molecule has 23 heavy (non-hydrogen) atoms. The van der Waals surface area contributed by atoms with E-state index in [4.69, 9.17) is 11.6 Å². The summed E-state index contributed by atoms with van der Waals surface area (Å²) in [6, 6.07) is 11.1. The number of aromatic nitrogens is 1. The van der Waals surface area contributed by atoms with Gasteiger partial charge >= 0.3 is 0 Å². The van der Waals surface area contributed by atoms with E-state index in [1.54, 1.807) is 0 Å². The molecule has 0 unspecified atom stereocenters. The lowest BCUT2D eigenvalue weighted by atomic mass is 10.0. The normalized spacial score (nSPS) is 23.0. The third-order valence-electron chi connectivity index (χ3n) is 4.90. The standard InChI is InChI=1S/C18H22ClN3S/c1-20-7-3-9-21(11-10-20)16-13-22-8-2-4-18(22)23-17-6-5-14(19)12-15(16)17/h2,4-6,8,12,16H,3,7,9-11,13H2,1H3/t16-/m0/s1. The predicted octanol–water partition coefficient (Wildman–Crippen LogP) is 3.98. The average Bonchev–Trinajstić information content (AvgIpc) is 2.77. The van der Waals surface area contributed by atoms with Gasteiger partial charge in [0.15, 0.2) is 0 Å². The maximum absolute atomic E-state index is 6.33. The second-order valence-corrected chi connectivity index (χ2v) is 7.99. The Kier molecular flexibility index (Phi) is 4.41. The molecule has 3 heterocycles. The molecule has 1 saturated heterocycles. The van der Waals surface area contributed by atoms with Gasteiger partial charge in [-0.3, -0.25) is 4.90 Å². The molecule has 1 atom stereocenters. The van der Waals surface area contributed by atoms with Gasteiger partial charge in [0.25, 0.3) is 0 Å². The summed E-state index contributed by atoms with van der Waals surface area (Å²) in [5.74, 6) is 0. The first-order valence-corrected chi connectivity index (χ1v) is 9.45. The van der Waals surface area contributed by atoms with Gasteiger partial charge in [0.2, 0.25) is 0 Å². The van der Waals surface area contributed by atoms with Crippen molar-refractivity contribution in [3.8, 4) is 0 Å². The van der Waals surface area contributed by atoms with Crippen LogP contribution in [0.4, 0.5) is 0 Å². The molecule has 0 bridgehead atoms. The molecular formula is C18H22ClN3S. The van der Waals surface area contributed by atoms with Crippen molar-refractivity contribution in [1.82, 2.24) is 14.4 Å². The Hall–Kier alpha value is -0.940. The van der Waals surface area contributed by atoms with E-state index >= 15 is 0 Å². The summed E-state index contributed by atoms with van der Waals surface area (Å²) in [4.78, 5) is 6.43. The number of halogens is 1. The molecule has 0 saturated carbocycles. The summed E-state index contributed by atoms with van der Waals surface area (Å²) in [5.41, 5.74) is 1.38. The first kappa shape index (κ1) is 15.6. The van der Waals surface area contributed by atoms with Crippen LogP contribution in [-0.2, 0) is 6.54 Å². The minimum Gasteiger partial charge on any atom is -0.341 e. The topological polar surface area (TPSA) is 11.4 Å². The van der Waals surface area contributed by atoms with Crippen LogP contribution in [0.3, 0.4) is 0 Å². The second-order valence-electron chi connectivity index (χ2n) is 6.49. The third kappa shape index (κ3) is 3.18. The maximum Gasteiger partial charge on any atom is 0.0797 e. The van der Waals surface area contributed by atoms with E-state index in [9.17, 15) is 0 Å². The van der Waals surface area contributed by atoms with Gasteiger partial charge in [-0.15, -0.1) is 0 Å². The maximum atomic E-state index is 6.33. The van der Waals surface area contributed by atoms with E-state index in [0.717, 1.165) is 31.2 Å². The fraction of sp³-hybridized carbons (Fsp3) is 0.444. The van der Waals surface area contributed by atoms with Crippen molar-refractivity contribution in [2.24, 2.45) is 0 Å². The van der Waals surface area contributed by atoms with Crippen molar-refractivity contribution in [2.75, 3.05) is 33.2 Å². The van der Waals surface area contributed by atoms with Gasteiger partial charge in [-0.2, -0.15) is 0 Å². The van der Waals surface area contributed by atoms with Crippen molar-refractivity contribution < 1.29 is 0 Å². The van der Waals surface area contributed by atoms with E-state index in [0.29, 0.717) is 6.04 Å². The number of hydrogen-bond acceptors (Lipinski definition) is 3. The van der Waals surface area contributed by atoms with E-state index in [1.165, 1.54) is 28.5 Å². The van der Waals surface area contributed by atoms with Gasteiger partial charge < -0.3 is 9.47 Å². The van der Waals surface area contributed by atoms with Gasteiger partial charge in [0, 0.05) is 42.3 Å². The van der Waals surface area contributed by atoms with Crippen LogP contribution in [0.2, 0.25) is 5.02 Å². The van der Waals surface area contributed by atoms with E-state index < -0.39 is 0 Å². The Morgan fingerprint density at radius 2 is 2.04 bits per heavy atom. The lowest BCUT2D eigenvalue weighted by Gasteiger charge is -2.31. The Morgan fingerprint density at radius 3 is 2.96 bits per heavy atom. The molecule has 3 nitrogen and oxygen atoms in total. The summed E-state index contributed by atoms with van der Waals surface area (Å²) < 4.78 is 2.39. The Morgan fingerprint density at radius 1 is 1.13 bits per heavy atom. The van der Waals surface area contributed by atoms with Crippen LogP contribution in [0.15, 0.2) is 46.5 Å². The van der Waals surface area contributed by atoms with E-state index in [-0.39, 0.29) is 0 Å². The minimum atomic E-state index is 0.399. The van der Waals surface area contributed by atoms with Crippen molar-refractivity contribution in [3.63, 3.8) is 0 Å². The molecule has 0 amide bonds. The van der Waals surface area contributed by atoms with Gasteiger partial charge in [0.1, 0.15) is 0 Å². The van der Waals surface area contributed by atoms with Crippen LogP contribution < -0.4 is 0 Å². The lowest BCUT2D eigenvalue weighted by molar-refractivity contribution is 0.181. The summed E-state index contributed by atoms with van der Waals surface area (Å²) in [6.45, 7) is 5.61. The van der Waals surface area contributed by atoms with Crippen LogP contribution in [0.1, 0.15) is 18.0 Å². The first-order valence-electron chi connectivity index (χ1n) is 8.26. The van der Waals surface area contributed by atoms with Crippen LogP contribution in [0, 0.1) is 0 Å². The van der Waals surface area contributed by atoms with Crippen LogP contribution in [0.25, 0.3) is 0 Å². The fourth-order valence-corrected chi connectivity index (χ4v) is 4.86. The highest BCUT2D eigenvalue weighted by atomic mass is 35.5. The molecule has 0 spiro atoms. The molecule has 0 radical (unpaired) electrons. The lowest BCUT2D eigenvalue weighted by Crippen LogP contribution is -2.34. The summed E-state index contributed by atoms with van der Waals surface area (Å²) in [5, 5.41) is 2.16. The molecule has 2 aliphatic rings. The molecule has 1 fully saturated rings. The largest absolute Gasteiger partial charge is 0.341 e. The number of fused-ring (bicyclic) bond motifs is 2. The number of likely N-dealkylation sites (N-methyl/N-ethyl adjacent to an activating group) is 1. The number of nitrogens with zero attached hydrogens (tertiary/aromatic N) is 3. The molecule has 5 heteroatoms. The Balaban J connectivity index is 1.73. The zero-order valence-corrected chi connectivity index (χ0v) is 15.0. The minimum absolute atomic E-state index is 0.399. The third-order valence-corrected chi connectivity index (χ3v) is 6.30.